The lowest BCUT2D eigenvalue weighted by molar-refractivity contribution is -0.386. The molecule has 1 aliphatic heterocycles. The Morgan fingerprint density at radius 1 is 1.52 bits per heavy atom. The predicted octanol–water partition coefficient (Wildman–Crippen LogP) is 2.76. The van der Waals surface area contributed by atoms with Crippen molar-refractivity contribution in [1.29, 1.82) is 0 Å². The molecule has 0 aromatic heterocycles. The zero-order valence-electron chi connectivity index (χ0n) is 11.8. The zero-order valence-corrected chi connectivity index (χ0v) is 13.4. The van der Waals surface area contributed by atoms with Crippen molar-refractivity contribution in [3.63, 3.8) is 0 Å². The van der Waals surface area contributed by atoms with Crippen molar-refractivity contribution >= 4 is 27.5 Å². The first kappa shape index (κ1) is 15.9. The fraction of sp³-hybridized carbons (Fsp3) is 0.500. The molecule has 2 unspecified atom stereocenters. The van der Waals surface area contributed by atoms with Gasteiger partial charge in [-0.3, -0.25) is 14.9 Å². The molecule has 1 aromatic carbocycles. The van der Waals surface area contributed by atoms with Crippen molar-refractivity contribution in [2.24, 2.45) is 5.73 Å². The fourth-order valence-corrected chi connectivity index (χ4v) is 3.16. The van der Waals surface area contributed by atoms with Gasteiger partial charge in [0.2, 0.25) is 5.91 Å². The highest BCUT2D eigenvalue weighted by atomic mass is 79.9. The van der Waals surface area contributed by atoms with Crippen molar-refractivity contribution < 1.29 is 9.72 Å². The van der Waals surface area contributed by atoms with Gasteiger partial charge in [-0.2, -0.15) is 0 Å². The smallest absolute Gasteiger partial charge is 0.275 e. The van der Waals surface area contributed by atoms with Gasteiger partial charge in [0.25, 0.3) is 5.69 Å². The molecule has 7 heteroatoms. The first-order valence-electron chi connectivity index (χ1n) is 6.94. The number of nitrogens with zero attached hydrogens (tertiary/aromatic N) is 2. The summed E-state index contributed by atoms with van der Waals surface area (Å²) in [6.45, 7) is 2.53. The van der Waals surface area contributed by atoms with Crippen LogP contribution in [0, 0.1) is 10.1 Å². The normalized spacial score (nSPS) is 22.4. The number of nitrogens with two attached hydrogens (primary N) is 1. The number of carbonyl (C=O) groups excluding carboxylic acids is 1. The number of rotatable bonds is 4. The highest BCUT2D eigenvalue weighted by Crippen LogP contribution is 2.37. The average Bonchev–Trinajstić information content (AvgIpc) is 2.44. The van der Waals surface area contributed by atoms with Crippen LogP contribution in [0.15, 0.2) is 22.7 Å². The molecule has 1 saturated heterocycles. The van der Waals surface area contributed by atoms with Crippen LogP contribution in [0.5, 0.6) is 0 Å². The van der Waals surface area contributed by atoms with Crippen molar-refractivity contribution in [2.45, 2.75) is 38.3 Å². The fourth-order valence-electron chi connectivity index (χ4n) is 2.81. The van der Waals surface area contributed by atoms with E-state index in [1.54, 1.807) is 17.0 Å². The number of hydrogen-bond donors (Lipinski definition) is 1. The SMILES string of the molecule is CCCN1C(=O)CCC(N)C1c1ccc(Br)cc1[N+](=O)[O-]. The Balaban J connectivity index is 2.50. The van der Waals surface area contributed by atoms with E-state index in [1.165, 1.54) is 6.07 Å². The Morgan fingerprint density at radius 2 is 2.24 bits per heavy atom. The van der Waals surface area contributed by atoms with E-state index in [9.17, 15) is 14.9 Å². The molecule has 2 N–H and O–H groups in total. The minimum Gasteiger partial charge on any atom is -0.334 e. The Bertz CT molecular complexity index is 564. The van der Waals surface area contributed by atoms with Crippen LogP contribution in [0.4, 0.5) is 5.69 Å². The van der Waals surface area contributed by atoms with Gasteiger partial charge in [0.05, 0.1) is 16.5 Å². The lowest BCUT2D eigenvalue weighted by Gasteiger charge is -2.39. The summed E-state index contributed by atoms with van der Waals surface area (Å²) in [6.07, 6.45) is 1.75. The van der Waals surface area contributed by atoms with Crippen LogP contribution in [0.25, 0.3) is 0 Å². The quantitative estimate of drug-likeness (QED) is 0.664. The Morgan fingerprint density at radius 3 is 2.86 bits per heavy atom. The van der Waals surface area contributed by atoms with E-state index in [2.05, 4.69) is 15.9 Å². The van der Waals surface area contributed by atoms with E-state index >= 15 is 0 Å². The summed E-state index contributed by atoms with van der Waals surface area (Å²) in [5.74, 6) is 0.0146. The molecule has 1 heterocycles. The van der Waals surface area contributed by atoms with Crippen LogP contribution < -0.4 is 5.73 Å². The molecule has 1 aliphatic rings. The van der Waals surface area contributed by atoms with E-state index in [-0.39, 0.29) is 17.6 Å². The van der Waals surface area contributed by atoms with Crippen LogP contribution in [0.2, 0.25) is 0 Å². The zero-order chi connectivity index (χ0) is 15.6. The van der Waals surface area contributed by atoms with Gasteiger partial charge in [0.15, 0.2) is 0 Å². The lowest BCUT2D eigenvalue weighted by atomic mass is 9.89. The summed E-state index contributed by atoms with van der Waals surface area (Å²) in [4.78, 5) is 24.7. The number of likely N-dealkylation sites (tertiary alicyclic amines) is 1. The van der Waals surface area contributed by atoms with Gasteiger partial charge in [-0.05, 0) is 25.0 Å². The third kappa shape index (κ3) is 3.24. The molecule has 1 fully saturated rings. The van der Waals surface area contributed by atoms with Crippen molar-refractivity contribution in [2.75, 3.05) is 6.54 Å². The first-order chi connectivity index (χ1) is 9.95. The summed E-state index contributed by atoms with van der Waals surface area (Å²) in [5, 5.41) is 11.3. The summed E-state index contributed by atoms with van der Waals surface area (Å²) >= 11 is 3.25. The molecule has 21 heavy (non-hydrogen) atoms. The van der Waals surface area contributed by atoms with Crippen LogP contribution in [0.3, 0.4) is 0 Å². The minimum atomic E-state index is -0.431. The number of halogens is 1. The molecule has 114 valence electrons. The molecule has 0 bridgehead atoms. The number of carbonyl (C=O) groups is 1. The van der Waals surface area contributed by atoms with E-state index in [0.29, 0.717) is 29.4 Å². The second-order valence-electron chi connectivity index (χ2n) is 5.19. The van der Waals surface area contributed by atoms with Gasteiger partial charge in [-0.25, -0.2) is 0 Å². The van der Waals surface area contributed by atoms with Crippen molar-refractivity contribution in [1.82, 2.24) is 4.90 Å². The maximum Gasteiger partial charge on any atom is 0.275 e. The second kappa shape index (κ2) is 6.53. The summed E-state index contributed by atoms with van der Waals surface area (Å²) in [5.41, 5.74) is 6.68. The summed E-state index contributed by atoms with van der Waals surface area (Å²) < 4.78 is 0.635. The highest BCUT2D eigenvalue weighted by Gasteiger charge is 2.37. The Labute approximate surface area is 131 Å². The van der Waals surface area contributed by atoms with Gasteiger partial charge in [0, 0.05) is 29.5 Å². The number of nitro groups is 1. The maximum atomic E-state index is 12.2. The van der Waals surface area contributed by atoms with Crippen molar-refractivity contribution in [3.8, 4) is 0 Å². The van der Waals surface area contributed by atoms with Crippen LogP contribution >= 0.6 is 15.9 Å². The molecule has 1 aromatic rings. The largest absolute Gasteiger partial charge is 0.334 e. The number of hydrogen-bond acceptors (Lipinski definition) is 4. The molecule has 0 spiro atoms. The minimum absolute atomic E-state index is 0.000582. The Hall–Kier alpha value is -1.47. The van der Waals surface area contributed by atoms with Gasteiger partial charge < -0.3 is 10.6 Å². The number of nitro benzene ring substituents is 1. The molecular formula is C14H18BrN3O3. The van der Waals surface area contributed by atoms with Crippen LogP contribution in [0.1, 0.15) is 37.8 Å². The summed E-state index contributed by atoms with van der Waals surface area (Å²) in [6, 6.07) is 4.19. The van der Waals surface area contributed by atoms with Gasteiger partial charge >= 0.3 is 0 Å². The van der Waals surface area contributed by atoms with E-state index in [0.717, 1.165) is 6.42 Å². The first-order valence-corrected chi connectivity index (χ1v) is 7.74. The number of piperidine rings is 1. The molecule has 0 radical (unpaired) electrons. The monoisotopic (exact) mass is 355 g/mol. The molecule has 2 atom stereocenters. The molecule has 0 aliphatic carbocycles. The second-order valence-corrected chi connectivity index (χ2v) is 6.11. The maximum absolute atomic E-state index is 12.2. The third-order valence-corrected chi connectivity index (χ3v) is 4.22. The summed E-state index contributed by atoms with van der Waals surface area (Å²) in [7, 11) is 0. The van der Waals surface area contributed by atoms with Gasteiger partial charge in [-0.1, -0.05) is 22.9 Å². The molecule has 6 nitrogen and oxygen atoms in total. The molecule has 0 saturated carbocycles. The number of benzene rings is 1. The average molecular weight is 356 g/mol. The van der Waals surface area contributed by atoms with Crippen LogP contribution in [-0.2, 0) is 4.79 Å². The third-order valence-electron chi connectivity index (χ3n) is 3.73. The van der Waals surface area contributed by atoms with Crippen molar-refractivity contribution in [3.05, 3.63) is 38.3 Å². The van der Waals surface area contributed by atoms with E-state index < -0.39 is 11.0 Å². The van der Waals surface area contributed by atoms with Gasteiger partial charge in [-0.15, -0.1) is 0 Å². The van der Waals surface area contributed by atoms with Crippen LogP contribution in [-0.4, -0.2) is 28.3 Å². The topological polar surface area (TPSA) is 89.5 Å². The highest BCUT2D eigenvalue weighted by molar-refractivity contribution is 9.10. The van der Waals surface area contributed by atoms with E-state index in [4.69, 9.17) is 5.73 Å². The molecular weight excluding hydrogens is 338 g/mol. The standard InChI is InChI=1S/C14H18BrN3O3/c1-2-7-17-13(19)6-5-11(16)14(17)10-4-3-9(15)8-12(10)18(20)21/h3-4,8,11,14H,2,5-7,16H2,1H3. The van der Waals surface area contributed by atoms with Gasteiger partial charge in [0.1, 0.15) is 0 Å². The Kier molecular flexibility index (Phi) is 4.95. The molecule has 1 amide bonds. The lowest BCUT2D eigenvalue weighted by Crippen LogP contribution is -2.49. The predicted molar refractivity (Wildman–Crippen MR) is 82.8 cm³/mol. The number of amides is 1. The molecule has 2 rings (SSSR count). The van der Waals surface area contributed by atoms with E-state index in [1.807, 2.05) is 6.92 Å².